The molecule has 1 aliphatic rings. The summed E-state index contributed by atoms with van der Waals surface area (Å²) in [4.78, 5) is 63.4. The Labute approximate surface area is 199 Å². The fourth-order valence-corrected chi connectivity index (χ4v) is 3.69. The molecular formula is C25H22N2O8. The van der Waals surface area contributed by atoms with E-state index in [1.807, 2.05) is 0 Å². The van der Waals surface area contributed by atoms with Crippen molar-refractivity contribution in [3.8, 4) is 5.75 Å². The fraction of sp³-hybridized carbons (Fsp3) is 0.240. The Hall–Kier alpha value is -4.31. The van der Waals surface area contributed by atoms with Gasteiger partial charge in [-0.15, -0.1) is 0 Å². The van der Waals surface area contributed by atoms with Crippen molar-refractivity contribution < 1.29 is 33.1 Å². The summed E-state index contributed by atoms with van der Waals surface area (Å²) in [5.41, 5.74) is -0.445. The first-order chi connectivity index (χ1) is 16.8. The first-order valence-electron chi connectivity index (χ1n) is 10.9. The summed E-state index contributed by atoms with van der Waals surface area (Å²) in [5.74, 6) is -2.51. The molecule has 10 nitrogen and oxygen atoms in total. The maximum atomic E-state index is 12.7. The van der Waals surface area contributed by atoms with Gasteiger partial charge in [0.25, 0.3) is 17.7 Å². The number of hydrogen-bond donors (Lipinski definition) is 1. The molecule has 1 aromatic heterocycles. The molecule has 0 bridgehead atoms. The molecule has 2 aromatic carbocycles. The molecule has 180 valence electrons. The van der Waals surface area contributed by atoms with E-state index in [-0.39, 0.29) is 28.0 Å². The third kappa shape index (κ3) is 4.69. The van der Waals surface area contributed by atoms with Gasteiger partial charge in [0, 0.05) is 31.7 Å². The molecule has 1 unspecified atom stereocenters. The fourth-order valence-electron chi connectivity index (χ4n) is 3.69. The van der Waals surface area contributed by atoms with Crippen molar-refractivity contribution in [2.75, 3.05) is 20.3 Å². The lowest BCUT2D eigenvalue weighted by Crippen LogP contribution is -2.44. The van der Waals surface area contributed by atoms with Crippen molar-refractivity contribution in [1.29, 1.82) is 0 Å². The van der Waals surface area contributed by atoms with Gasteiger partial charge < -0.3 is 19.2 Å². The molecule has 3 aromatic rings. The average Bonchev–Trinajstić information content (AvgIpc) is 3.10. The van der Waals surface area contributed by atoms with Gasteiger partial charge in [-0.25, -0.2) is 9.59 Å². The molecule has 1 N–H and O–H groups in total. The van der Waals surface area contributed by atoms with Gasteiger partial charge in [-0.3, -0.25) is 19.3 Å². The van der Waals surface area contributed by atoms with Gasteiger partial charge in [0.1, 0.15) is 22.9 Å². The number of methoxy groups -OCH3 is 1. The molecule has 0 spiro atoms. The van der Waals surface area contributed by atoms with Gasteiger partial charge >= 0.3 is 11.6 Å². The van der Waals surface area contributed by atoms with Crippen molar-refractivity contribution in [2.24, 2.45) is 0 Å². The predicted octanol–water partition coefficient (Wildman–Crippen LogP) is 2.15. The van der Waals surface area contributed by atoms with E-state index in [0.29, 0.717) is 25.0 Å². The smallest absolute Gasteiger partial charge is 0.349 e. The average molecular weight is 478 g/mol. The van der Waals surface area contributed by atoms with E-state index >= 15 is 0 Å². The van der Waals surface area contributed by atoms with Gasteiger partial charge in [-0.2, -0.15) is 0 Å². The lowest BCUT2D eigenvalue weighted by molar-refractivity contribution is -0.138. The van der Waals surface area contributed by atoms with E-state index in [1.165, 1.54) is 43.3 Å². The molecule has 1 atom stereocenters. The number of benzene rings is 2. The number of imide groups is 1. The predicted molar refractivity (Wildman–Crippen MR) is 123 cm³/mol. The first kappa shape index (κ1) is 23.8. The number of fused-ring (bicyclic) bond motifs is 2. The van der Waals surface area contributed by atoms with Crippen LogP contribution in [0.4, 0.5) is 0 Å². The maximum Gasteiger partial charge on any atom is 0.349 e. The van der Waals surface area contributed by atoms with Crippen molar-refractivity contribution >= 4 is 34.7 Å². The maximum absolute atomic E-state index is 12.7. The van der Waals surface area contributed by atoms with Crippen molar-refractivity contribution in [3.05, 3.63) is 75.6 Å². The number of esters is 1. The molecule has 10 heteroatoms. The number of amides is 3. The summed E-state index contributed by atoms with van der Waals surface area (Å²) in [6.07, 6.45) is 0.592. The molecule has 2 heterocycles. The van der Waals surface area contributed by atoms with Crippen LogP contribution in [0.2, 0.25) is 0 Å². The highest BCUT2D eigenvalue weighted by molar-refractivity contribution is 6.22. The van der Waals surface area contributed by atoms with Gasteiger partial charge in [0.2, 0.25) is 0 Å². The van der Waals surface area contributed by atoms with E-state index in [9.17, 15) is 24.0 Å². The number of rotatable bonds is 8. The van der Waals surface area contributed by atoms with Gasteiger partial charge in [0.15, 0.2) is 0 Å². The van der Waals surface area contributed by atoms with Crippen LogP contribution in [0.1, 0.15) is 44.4 Å². The number of ether oxygens (including phenoxy) is 2. The van der Waals surface area contributed by atoms with Crippen LogP contribution in [0.15, 0.2) is 57.7 Å². The molecular weight excluding hydrogens is 456 g/mol. The monoisotopic (exact) mass is 478 g/mol. The molecule has 3 amide bonds. The second-order valence-electron chi connectivity index (χ2n) is 7.87. The van der Waals surface area contributed by atoms with Crippen molar-refractivity contribution in [1.82, 2.24) is 10.2 Å². The number of hydrogen-bond acceptors (Lipinski definition) is 8. The molecule has 0 fully saturated rings. The quantitative estimate of drug-likeness (QED) is 0.171. The Morgan fingerprint density at radius 1 is 1.03 bits per heavy atom. The van der Waals surface area contributed by atoms with Crippen LogP contribution < -0.4 is 15.7 Å². The summed E-state index contributed by atoms with van der Waals surface area (Å²) in [7, 11) is 1.55. The zero-order chi connectivity index (χ0) is 25.1. The summed E-state index contributed by atoms with van der Waals surface area (Å²) in [6, 6.07) is 10.8. The molecule has 0 radical (unpaired) electrons. The van der Waals surface area contributed by atoms with Crippen molar-refractivity contribution in [3.63, 3.8) is 0 Å². The minimum Gasteiger partial charge on any atom is -0.425 e. The van der Waals surface area contributed by atoms with Crippen molar-refractivity contribution in [2.45, 2.75) is 19.4 Å². The third-order valence-corrected chi connectivity index (χ3v) is 5.54. The highest BCUT2D eigenvalue weighted by atomic mass is 16.5. The van der Waals surface area contributed by atoms with Crippen LogP contribution >= 0.6 is 0 Å². The second kappa shape index (κ2) is 9.90. The zero-order valence-corrected chi connectivity index (χ0v) is 19.0. The molecule has 1 aliphatic heterocycles. The summed E-state index contributed by atoms with van der Waals surface area (Å²) < 4.78 is 15.5. The standard InChI is InChI=1S/C25H22N2O8/c1-14(27-22(29)17-6-3-4-7-18(17)23(27)30)24(31)34-16-9-8-15-12-19(25(32)35-20(15)13-16)21(28)26-10-5-11-33-2/h3-4,6-9,12-14H,5,10-11H2,1-2H3,(H,26,28). The Bertz CT molecular complexity index is 1360. The summed E-state index contributed by atoms with van der Waals surface area (Å²) >= 11 is 0. The number of carbonyl (C=O) groups excluding carboxylic acids is 4. The topological polar surface area (TPSA) is 132 Å². The Balaban J connectivity index is 1.48. The highest BCUT2D eigenvalue weighted by Gasteiger charge is 2.41. The van der Waals surface area contributed by atoms with E-state index in [4.69, 9.17) is 13.9 Å². The van der Waals surface area contributed by atoms with E-state index in [2.05, 4.69) is 5.32 Å². The number of nitrogens with zero attached hydrogens (tertiary/aromatic N) is 1. The minimum absolute atomic E-state index is 0.0471. The normalized spacial score (nSPS) is 13.6. The largest absolute Gasteiger partial charge is 0.425 e. The SMILES string of the molecule is COCCCNC(=O)c1cc2ccc(OC(=O)C(C)N3C(=O)c4ccccc4C3=O)cc2oc1=O. The van der Waals surface area contributed by atoms with E-state index < -0.39 is 35.4 Å². The van der Waals surface area contributed by atoms with E-state index in [1.54, 1.807) is 19.2 Å². The Morgan fingerprint density at radius 3 is 2.37 bits per heavy atom. The first-order valence-corrected chi connectivity index (χ1v) is 10.9. The van der Waals surface area contributed by atoms with Crippen LogP contribution in [-0.2, 0) is 9.53 Å². The van der Waals surface area contributed by atoms with Crippen LogP contribution in [0.3, 0.4) is 0 Å². The molecule has 4 rings (SSSR count). The third-order valence-electron chi connectivity index (χ3n) is 5.54. The lowest BCUT2D eigenvalue weighted by atomic mass is 10.1. The molecule has 0 saturated carbocycles. The van der Waals surface area contributed by atoms with E-state index in [0.717, 1.165) is 4.90 Å². The second-order valence-corrected chi connectivity index (χ2v) is 7.87. The molecule has 35 heavy (non-hydrogen) atoms. The van der Waals surface area contributed by atoms with Gasteiger partial charge in [-0.05, 0) is 43.7 Å². The summed E-state index contributed by atoms with van der Waals surface area (Å²) in [5, 5.41) is 3.07. The zero-order valence-electron chi connectivity index (χ0n) is 19.0. The lowest BCUT2D eigenvalue weighted by Gasteiger charge is -2.20. The Morgan fingerprint density at radius 2 is 1.71 bits per heavy atom. The number of nitrogens with one attached hydrogen (secondary N) is 1. The Kier molecular flexibility index (Phi) is 6.74. The van der Waals surface area contributed by atoms with Gasteiger partial charge in [-0.1, -0.05) is 12.1 Å². The highest BCUT2D eigenvalue weighted by Crippen LogP contribution is 2.26. The van der Waals surface area contributed by atoms with Crippen LogP contribution in [0.5, 0.6) is 5.75 Å². The van der Waals surface area contributed by atoms with Crippen LogP contribution in [0, 0.1) is 0 Å². The molecule has 0 saturated heterocycles. The summed E-state index contributed by atoms with van der Waals surface area (Å²) in [6.45, 7) is 2.20. The minimum atomic E-state index is -1.19. The molecule has 0 aliphatic carbocycles. The van der Waals surface area contributed by atoms with Crippen LogP contribution in [-0.4, -0.2) is 54.9 Å². The van der Waals surface area contributed by atoms with Crippen LogP contribution in [0.25, 0.3) is 11.0 Å². The van der Waals surface area contributed by atoms with Gasteiger partial charge in [0.05, 0.1) is 11.1 Å². The number of carbonyl (C=O) groups is 4.